The van der Waals surface area contributed by atoms with Gasteiger partial charge in [-0.3, -0.25) is 4.90 Å². The average Bonchev–Trinajstić information content (AvgIpc) is 3.27. The zero-order valence-electron chi connectivity index (χ0n) is 21.5. The number of hydrogen-bond acceptors (Lipinski definition) is 8. The Hall–Kier alpha value is -4.75. The minimum Gasteiger partial charge on any atom is -0.452 e. The molecule has 15 heteroatoms. The highest BCUT2D eigenvalue weighted by Crippen LogP contribution is 2.25. The Balaban J connectivity index is 1.75. The zero-order chi connectivity index (χ0) is 29.8. The van der Waals surface area contributed by atoms with E-state index in [2.05, 4.69) is 26.6 Å². The number of hydrogen-bond donors (Lipinski definition) is 3. The summed E-state index contributed by atoms with van der Waals surface area (Å²) >= 11 is 12.1. The van der Waals surface area contributed by atoms with E-state index in [0.717, 1.165) is 18.2 Å². The lowest BCUT2D eigenvalue weighted by Crippen LogP contribution is -2.40. The Morgan fingerprint density at radius 1 is 1.15 bits per heavy atom. The van der Waals surface area contributed by atoms with Crippen molar-refractivity contribution in [2.24, 2.45) is 22.2 Å². The molecule has 0 spiro atoms. The number of ether oxygens (including phenoxy) is 1. The van der Waals surface area contributed by atoms with E-state index < -0.39 is 17.7 Å². The standard InChI is InChI=1S/C26H23Cl2F2N9O2/c1-13(39-19-10-16(29)11-34-21(19)18(37-39)9-14-5-3-4-6-17(14)30)35-25(33)22(24(31)32)38(26(40)41-2)12-15-7-8-20(27)36-23(15)28/h3-8,10-11H,1,9,12,31-32H2,2H3,(H2,33,35). The van der Waals surface area contributed by atoms with Gasteiger partial charge in [0.15, 0.2) is 5.84 Å². The number of benzene rings is 1. The molecule has 41 heavy (non-hydrogen) atoms. The van der Waals surface area contributed by atoms with E-state index in [4.69, 9.17) is 45.1 Å². The zero-order valence-corrected chi connectivity index (χ0v) is 23.0. The molecular weight excluding hydrogens is 579 g/mol. The molecule has 1 amide bonds. The molecule has 0 aliphatic heterocycles. The number of methoxy groups -OCH3 is 1. The van der Waals surface area contributed by atoms with Gasteiger partial charge in [-0.05, 0) is 17.7 Å². The molecule has 3 heterocycles. The van der Waals surface area contributed by atoms with Crippen molar-refractivity contribution in [2.75, 3.05) is 7.11 Å². The average molecular weight is 602 g/mol. The fourth-order valence-electron chi connectivity index (χ4n) is 3.93. The predicted octanol–water partition coefficient (Wildman–Crippen LogP) is 4.14. The number of aliphatic imine (C=N–C) groups is 1. The molecule has 4 rings (SSSR count). The fourth-order valence-corrected chi connectivity index (χ4v) is 4.33. The highest BCUT2D eigenvalue weighted by molar-refractivity contribution is 6.32. The maximum absolute atomic E-state index is 14.4. The number of aromatic nitrogens is 4. The normalized spacial score (nSPS) is 11.4. The largest absolute Gasteiger partial charge is 0.452 e. The summed E-state index contributed by atoms with van der Waals surface area (Å²) in [7, 11) is 1.14. The van der Waals surface area contributed by atoms with Crippen LogP contribution in [0.3, 0.4) is 0 Å². The molecular formula is C26H23Cl2F2N9O2. The first-order chi connectivity index (χ1) is 19.5. The molecule has 3 aromatic heterocycles. The molecule has 6 N–H and O–H groups in total. The van der Waals surface area contributed by atoms with Gasteiger partial charge in [0.25, 0.3) is 0 Å². The number of amidine groups is 1. The summed E-state index contributed by atoms with van der Waals surface area (Å²) in [4.78, 5) is 26.1. The SMILES string of the molecule is C=C(N=C(N)C(=C(N)N)N(Cc1ccc(Cl)nc1Cl)C(=O)OC)n1nc(Cc2ccccc2F)c2ncc(F)cc21. The first kappa shape index (κ1) is 29.2. The predicted molar refractivity (Wildman–Crippen MR) is 151 cm³/mol. The fraction of sp³-hybridized carbons (Fsp3) is 0.115. The van der Waals surface area contributed by atoms with Crippen LogP contribution in [-0.2, 0) is 17.7 Å². The van der Waals surface area contributed by atoms with Crippen molar-refractivity contribution in [1.29, 1.82) is 0 Å². The van der Waals surface area contributed by atoms with Crippen LogP contribution >= 0.6 is 23.2 Å². The molecule has 0 unspecified atom stereocenters. The summed E-state index contributed by atoms with van der Waals surface area (Å²) in [5.41, 5.74) is 19.4. The highest BCUT2D eigenvalue weighted by atomic mass is 35.5. The van der Waals surface area contributed by atoms with Crippen molar-refractivity contribution in [1.82, 2.24) is 24.6 Å². The minimum absolute atomic E-state index is 0.0150. The van der Waals surface area contributed by atoms with Crippen molar-refractivity contribution < 1.29 is 18.3 Å². The van der Waals surface area contributed by atoms with Crippen LogP contribution in [0.4, 0.5) is 13.6 Å². The molecule has 0 aliphatic rings. The van der Waals surface area contributed by atoms with Crippen molar-refractivity contribution in [3.8, 4) is 0 Å². The number of rotatable bonds is 8. The van der Waals surface area contributed by atoms with Gasteiger partial charge in [0.2, 0.25) is 0 Å². The minimum atomic E-state index is -0.897. The van der Waals surface area contributed by atoms with E-state index in [9.17, 15) is 13.6 Å². The maximum Gasteiger partial charge on any atom is 0.414 e. The smallest absolute Gasteiger partial charge is 0.414 e. The van der Waals surface area contributed by atoms with Crippen LogP contribution in [0.1, 0.15) is 16.8 Å². The number of amides is 1. The van der Waals surface area contributed by atoms with Crippen LogP contribution in [0.5, 0.6) is 0 Å². The van der Waals surface area contributed by atoms with E-state index in [-0.39, 0.29) is 52.0 Å². The van der Waals surface area contributed by atoms with Crippen molar-refractivity contribution in [3.63, 3.8) is 0 Å². The second-order valence-corrected chi connectivity index (χ2v) is 9.25. The molecule has 4 aromatic rings. The van der Waals surface area contributed by atoms with Crippen LogP contribution in [0.15, 0.2) is 71.8 Å². The maximum atomic E-state index is 14.4. The second-order valence-electron chi connectivity index (χ2n) is 8.51. The molecule has 0 saturated carbocycles. The number of pyridine rings is 2. The van der Waals surface area contributed by atoms with Gasteiger partial charge in [-0.2, -0.15) is 5.10 Å². The van der Waals surface area contributed by atoms with Gasteiger partial charge in [0, 0.05) is 18.1 Å². The van der Waals surface area contributed by atoms with Gasteiger partial charge < -0.3 is 21.9 Å². The second kappa shape index (κ2) is 12.2. The Morgan fingerprint density at radius 3 is 2.54 bits per heavy atom. The monoisotopic (exact) mass is 601 g/mol. The van der Waals surface area contributed by atoms with E-state index in [1.807, 2.05) is 0 Å². The third-order valence-corrected chi connectivity index (χ3v) is 6.31. The summed E-state index contributed by atoms with van der Waals surface area (Å²) in [6, 6.07) is 10.3. The molecule has 0 saturated heterocycles. The van der Waals surface area contributed by atoms with Crippen LogP contribution in [0.2, 0.25) is 10.3 Å². The number of fused-ring (bicyclic) bond motifs is 1. The molecule has 0 aliphatic carbocycles. The van der Waals surface area contributed by atoms with Gasteiger partial charge in [0.1, 0.15) is 44.8 Å². The highest BCUT2D eigenvalue weighted by Gasteiger charge is 2.26. The quantitative estimate of drug-likeness (QED) is 0.154. The summed E-state index contributed by atoms with van der Waals surface area (Å²) in [6.45, 7) is 3.66. The Labute approximate surface area is 242 Å². The lowest BCUT2D eigenvalue weighted by Gasteiger charge is -2.25. The van der Waals surface area contributed by atoms with Crippen molar-refractivity contribution >= 4 is 52.0 Å². The van der Waals surface area contributed by atoms with Crippen molar-refractivity contribution in [3.05, 3.63) is 106 Å². The molecule has 0 bridgehead atoms. The molecule has 0 fully saturated rings. The van der Waals surface area contributed by atoms with Gasteiger partial charge in [-0.15, -0.1) is 0 Å². The molecule has 212 valence electrons. The van der Waals surface area contributed by atoms with E-state index >= 15 is 0 Å². The van der Waals surface area contributed by atoms with Gasteiger partial charge in [0.05, 0.1) is 31.1 Å². The number of carbonyl (C=O) groups is 1. The Morgan fingerprint density at radius 2 is 1.88 bits per heavy atom. The molecule has 11 nitrogen and oxygen atoms in total. The van der Waals surface area contributed by atoms with Crippen LogP contribution in [-0.4, -0.2) is 43.7 Å². The first-order valence-corrected chi connectivity index (χ1v) is 12.5. The third-order valence-electron chi connectivity index (χ3n) is 5.77. The summed E-state index contributed by atoms with van der Waals surface area (Å²) < 4.78 is 34.6. The van der Waals surface area contributed by atoms with Crippen LogP contribution < -0.4 is 17.2 Å². The van der Waals surface area contributed by atoms with E-state index in [1.54, 1.807) is 24.3 Å². The molecule has 1 aromatic carbocycles. The third kappa shape index (κ3) is 6.36. The number of carbonyl (C=O) groups excluding carboxylic acids is 1. The van der Waals surface area contributed by atoms with Crippen molar-refractivity contribution in [2.45, 2.75) is 13.0 Å². The van der Waals surface area contributed by atoms with Gasteiger partial charge >= 0.3 is 6.09 Å². The van der Waals surface area contributed by atoms with Gasteiger partial charge in [-0.1, -0.05) is 54.0 Å². The molecule has 0 radical (unpaired) electrons. The summed E-state index contributed by atoms with van der Waals surface area (Å²) in [6.07, 6.45) is 0.167. The van der Waals surface area contributed by atoms with E-state index in [0.29, 0.717) is 22.3 Å². The topological polar surface area (TPSA) is 164 Å². The first-order valence-electron chi connectivity index (χ1n) is 11.7. The van der Waals surface area contributed by atoms with Crippen LogP contribution in [0, 0.1) is 11.6 Å². The Kier molecular flexibility index (Phi) is 8.69. The lowest BCUT2D eigenvalue weighted by molar-refractivity contribution is 0.135. The Bertz CT molecular complexity index is 1720. The summed E-state index contributed by atoms with van der Waals surface area (Å²) in [5, 5.41) is 4.60. The summed E-state index contributed by atoms with van der Waals surface area (Å²) in [5.74, 6) is -1.96. The number of nitrogens with zero attached hydrogens (tertiary/aromatic N) is 6. The lowest BCUT2D eigenvalue weighted by atomic mass is 10.1. The van der Waals surface area contributed by atoms with E-state index in [1.165, 1.54) is 22.9 Å². The van der Waals surface area contributed by atoms with Crippen LogP contribution in [0.25, 0.3) is 16.9 Å². The number of nitrogens with two attached hydrogens (primary N) is 3. The molecule has 0 atom stereocenters. The number of halogens is 4. The van der Waals surface area contributed by atoms with Gasteiger partial charge in [-0.25, -0.2) is 33.2 Å².